The van der Waals surface area contributed by atoms with Crippen molar-refractivity contribution in [2.45, 2.75) is 44.9 Å². The molecule has 140 valence electrons. The maximum Gasteiger partial charge on any atom is 0.368 e. The summed E-state index contributed by atoms with van der Waals surface area (Å²) in [5.74, 6) is -0.0247. The van der Waals surface area contributed by atoms with Crippen LogP contribution in [0.15, 0.2) is 29.2 Å². The first kappa shape index (κ1) is 21.7. The van der Waals surface area contributed by atoms with Gasteiger partial charge < -0.3 is 4.74 Å². The van der Waals surface area contributed by atoms with Crippen molar-refractivity contribution >= 4 is 23.9 Å². The van der Waals surface area contributed by atoms with Crippen LogP contribution in [-0.4, -0.2) is 33.5 Å². The first-order valence-electron chi connectivity index (χ1n) is 8.28. The minimum Gasteiger partial charge on any atom is -0.466 e. The van der Waals surface area contributed by atoms with Gasteiger partial charge in [0.2, 0.25) is 0 Å². The molecule has 0 saturated carbocycles. The number of rotatable bonds is 11. The van der Waals surface area contributed by atoms with E-state index in [9.17, 15) is 17.8 Å². The van der Waals surface area contributed by atoms with Crippen LogP contribution >= 0.6 is 7.80 Å². The zero-order valence-electron chi connectivity index (χ0n) is 14.9. The summed E-state index contributed by atoms with van der Waals surface area (Å²) in [5, 5.41) is 0. The molecule has 0 saturated heterocycles. The molecule has 8 heteroatoms. The maximum atomic E-state index is 12.0. The van der Waals surface area contributed by atoms with Gasteiger partial charge in [-0.15, -0.1) is 0 Å². The number of hydrogen-bond acceptors (Lipinski definition) is 6. The molecule has 0 amide bonds. The first-order valence-corrected chi connectivity index (χ1v) is 11.3. The summed E-state index contributed by atoms with van der Waals surface area (Å²) in [5.41, 5.74) is 0.946. The molecule has 0 N–H and O–H groups in total. The van der Waals surface area contributed by atoms with Gasteiger partial charge in [-0.25, -0.2) is 4.18 Å². The standard InChI is InChI=1S/C17H26O6PS/c1-4-22-17(18)10-7-15(3)11-12-24(19)13-23-25(20,21)16-8-5-14(2)6-9-16/h5-6,8-9,15H,4,7,10-13H2,1-3H3/q+1. The zero-order valence-corrected chi connectivity index (χ0v) is 16.6. The number of carbonyl (C=O) groups is 1. The Morgan fingerprint density at radius 3 is 2.44 bits per heavy atom. The lowest BCUT2D eigenvalue weighted by atomic mass is 10.0. The average molecular weight is 389 g/mol. The van der Waals surface area contributed by atoms with Crippen LogP contribution in [0.4, 0.5) is 0 Å². The first-order chi connectivity index (χ1) is 11.7. The van der Waals surface area contributed by atoms with E-state index in [2.05, 4.69) is 0 Å². The van der Waals surface area contributed by atoms with Gasteiger partial charge in [0, 0.05) is 6.42 Å². The third kappa shape index (κ3) is 8.56. The molecule has 1 aromatic rings. The summed E-state index contributed by atoms with van der Waals surface area (Å²) in [6, 6.07) is 6.30. The third-order valence-corrected chi connectivity index (χ3v) is 6.31. The van der Waals surface area contributed by atoms with E-state index < -0.39 is 17.9 Å². The molecule has 0 aliphatic rings. The second-order valence-electron chi connectivity index (χ2n) is 5.96. The number of ether oxygens (including phenoxy) is 1. The molecular weight excluding hydrogens is 363 g/mol. The minimum absolute atomic E-state index is 0.0595. The Bertz CT molecular complexity index is 669. The van der Waals surface area contributed by atoms with Crippen LogP contribution in [0.5, 0.6) is 0 Å². The molecule has 25 heavy (non-hydrogen) atoms. The second kappa shape index (κ2) is 10.6. The highest BCUT2D eigenvalue weighted by Gasteiger charge is 2.24. The quantitative estimate of drug-likeness (QED) is 0.324. The number of aryl methyl sites for hydroxylation is 1. The van der Waals surface area contributed by atoms with Crippen molar-refractivity contribution < 1.29 is 26.7 Å². The van der Waals surface area contributed by atoms with E-state index in [0.717, 1.165) is 5.56 Å². The second-order valence-corrected chi connectivity index (χ2v) is 9.24. The molecule has 0 aliphatic carbocycles. The van der Waals surface area contributed by atoms with Gasteiger partial charge >= 0.3 is 23.9 Å². The lowest BCUT2D eigenvalue weighted by Gasteiger charge is -2.07. The summed E-state index contributed by atoms with van der Waals surface area (Å²) in [6.07, 6.45) is 1.68. The number of hydrogen-bond donors (Lipinski definition) is 0. The Hall–Kier alpha value is -1.30. The van der Waals surface area contributed by atoms with Gasteiger partial charge in [-0.05, 0) is 44.7 Å². The molecule has 0 aromatic heterocycles. The van der Waals surface area contributed by atoms with E-state index in [4.69, 9.17) is 8.92 Å². The van der Waals surface area contributed by atoms with Crippen LogP contribution in [0, 0.1) is 12.8 Å². The zero-order chi connectivity index (χ0) is 18.9. The summed E-state index contributed by atoms with van der Waals surface area (Å²) in [6.45, 7) is 5.95. The predicted octanol–water partition coefficient (Wildman–Crippen LogP) is 3.85. The fourth-order valence-electron chi connectivity index (χ4n) is 2.07. The molecule has 0 radical (unpaired) electrons. The Balaban J connectivity index is 2.34. The fourth-order valence-corrected chi connectivity index (χ4v) is 4.56. The van der Waals surface area contributed by atoms with E-state index in [1.54, 1.807) is 19.1 Å². The van der Waals surface area contributed by atoms with Crippen LogP contribution in [0.25, 0.3) is 0 Å². The maximum absolute atomic E-state index is 12.0. The molecule has 2 atom stereocenters. The van der Waals surface area contributed by atoms with Crippen molar-refractivity contribution in [2.75, 3.05) is 19.1 Å². The number of benzene rings is 1. The van der Waals surface area contributed by atoms with Gasteiger partial charge in [-0.2, -0.15) is 8.42 Å². The lowest BCUT2D eigenvalue weighted by Crippen LogP contribution is -2.08. The van der Waals surface area contributed by atoms with Crippen LogP contribution in [0.1, 0.15) is 38.7 Å². The minimum atomic E-state index is -3.88. The fraction of sp³-hybridized carbons (Fsp3) is 0.588. The highest BCUT2D eigenvalue weighted by atomic mass is 32.2. The van der Waals surface area contributed by atoms with Crippen molar-refractivity contribution in [3.05, 3.63) is 29.8 Å². The smallest absolute Gasteiger partial charge is 0.368 e. The molecule has 1 aromatic carbocycles. The van der Waals surface area contributed by atoms with E-state index in [0.29, 0.717) is 32.0 Å². The molecule has 0 heterocycles. The summed E-state index contributed by atoms with van der Waals surface area (Å²) in [4.78, 5) is 11.3. The van der Waals surface area contributed by atoms with Gasteiger partial charge in [-0.1, -0.05) is 29.2 Å². The summed E-state index contributed by atoms with van der Waals surface area (Å²) in [7, 11) is -5.66. The van der Waals surface area contributed by atoms with Gasteiger partial charge in [0.15, 0.2) is 0 Å². The topological polar surface area (TPSA) is 86.7 Å². The third-order valence-electron chi connectivity index (χ3n) is 3.68. The number of carbonyl (C=O) groups excluding carboxylic acids is 1. The normalized spacial score (nSPS) is 13.3. The van der Waals surface area contributed by atoms with Gasteiger partial charge in [0.1, 0.15) is 6.16 Å². The molecule has 0 bridgehead atoms. The molecule has 6 nitrogen and oxygen atoms in total. The van der Waals surface area contributed by atoms with Crippen molar-refractivity contribution in [3.63, 3.8) is 0 Å². The van der Waals surface area contributed by atoms with Crippen LogP contribution in [0.2, 0.25) is 0 Å². The van der Waals surface area contributed by atoms with Crippen molar-refractivity contribution in [1.29, 1.82) is 0 Å². The highest BCUT2D eigenvalue weighted by Crippen LogP contribution is 2.27. The van der Waals surface area contributed by atoms with E-state index >= 15 is 0 Å². The Labute approximate surface area is 150 Å². The molecule has 0 fully saturated rings. The van der Waals surface area contributed by atoms with Gasteiger partial charge in [0.25, 0.3) is 6.35 Å². The van der Waals surface area contributed by atoms with Gasteiger partial charge in [0.05, 0.1) is 11.5 Å². The highest BCUT2D eigenvalue weighted by molar-refractivity contribution is 7.87. The summed E-state index contributed by atoms with van der Waals surface area (Å²) >= 11 is 0. The molecule has 1 rings (SSSR count). The summed E-state index contributed by atoms with van der Waals surface area (Å²) < 4.78 is 45.8. The molecule has 0 spiro atoms. The monoisotopic (exact) mass is 389 g/mol. The van der Waals surface area contributed by atoms with E-state index in [1.807, 2.05) is 13.8 Å². The van der Waals surface area contributed by atoms with E-state index in [1.165, 1.54) is 12.1 Å². The average Bonchev–Trinajstić information content (AvgIpc) is 2.57. The SMILES string of the molecule is CCOC(=O)CCC(C)CC[P+](=O)COS(=O)(=O)c1ccc(C)cc1. The van der Waals surface area contributed by atoms with Crippen molar-refractivity contribution in [1.82, 2.24) is 0 Å². The van der Waals surface area contributed by atoms with Crippen LogP contribution < -0.4 is 0 Å². The van der Waals surface area contributed by atoms with Crippen LogP contribution in [-0.2, 0) is 28.4 Å². The van der Waals surface area contributed by atoms with Crippen LogP contribution in [0.3, 0.4) is 0 Å². The molecule has 2 unspecified atom stereocenters. The molecule has 0 aliphatic heterocycles. The Kier molecular flexibility index (Phi) is 9.25. The predicted molar refractivity (Wildman–Crippen MR) is 96.4 cm³/mol. The Morgan fingerprint density at radius 2 is 1.84 bits per heavy atom. The van der Waals surface area contributed by atoms with Crippen molar-refractivity contribution in [2.24, 2.45) is 5.92 Å². The Morgan fingerprint density at radius 1 is 1.20 bits per heavy atom. The lowest BCUT2D eigenvalue weighted by molar-refractivity contribution is -0.143. The molecular formula is C17H26O6PS+. The van der Waals surface area contributed by atoms with Crippen molar-refractivity contribution in [3.8, 4) is 0 Å². The largest absolute Gasteiger partial charge is 0.466 e. The van der Waals surface area contributed by atoms with Gasteiger partial charge in [-0.3, -0.25) is 4.79 Å². The number of esters is 1. The van der Waals surface area contributed by atoms with E-state index in [-0.39, 0.29) is 23.1 Å².